The number of ether oxygens (including phenoxy) is 1. The van der Waals surface area contributed by atoms with Crippen LogP contribution in [0.15, 0.2) is 29.3 Å². The van der Waals surface area contributed by atoms with Crippen LogP contribution in [0.1, 0.15) is 12.5 Å². The van der Waals surface area contributed by atoms with Crippen LogP contribution in [0.4, 0.5) is 0 Å². The number of nitrogens with one attached hydrogen (secondary N) is 1. The molecular weight excluding hydrogens is 356 g/mol. The number of benzene rings is 1. The van der Waals surface area contributed by atoms with Crippen molar-refractivity contribution in [1.29, 1.82) is 0 Å². The van der Waals surface area contributed by atoms with Gasteiger partial charge in [-0.1, -0.05) is 30.7 Å². The first-order valence-electron chi connectivity index (χ1n) is 8.50. The Balaban J connectivity index is 1.88. The number of rotatable bonds is 5. The van der Waals surface area contributed by atoms with Crippen LogP contribution < -0.4 is 5.32 Å². The molecule has 1 aromatic carbocycles. The highest BCUT2D eigenvalue weighted by Gasteiger charge is 2.26. The van der Waals surface area contributed by atoms with E-state index in [1.165, 1.54) is 7.11 Å². The number of nitrogens with zero attached hydrogens (tertiary/aromatic N) is 3. The van der Waals surface area contributed by atoms with E-state index in [0.717, 1.165) is 5.56 Å². The Kier molecular flexibility index (Phi) is 7.26. The number of aliphatic imine (C=N–C) groups is 1. The lowest BCUT2D eigenvalue weighted by Crippen LogP contribution is -2.55. The van der Waals surface area contributed by atoms with Crippen LogP contribution in [0.25, 0.3) is 0 Å². The third-order valence-electron chi connectivity index (χ3n) is 4.29. The maximum Gasteiger partial charge on any atom is 0.310 e. The molecule has 1 heterocycles. The normalized spacial score (nSPS) is 16.5. The molecule has 0 spiro atoms. The Morgan fingerprint density at radius 1 is 1.35 bits per heavy atom. The van der Waals surface area contributed by atoms with Crippen molar-refractivity contribution >= 4 is 29.4 Å². The van der Waals surface area contributed by atoms with Gasteiger partial charge in [-0.25, -0.2) is 0 Å². The Morgan fingerprint density at radius 3 is 2.62 bits per heavy atom. The molecule has 0 aliphatic carbocycles. The lowest BCUT2D eigenvalue weighted by molar-refractivity contribution is -0.144. The van der Waals surface area contributed by atoms with Crippen molar-refractivity contribution in [2.24, 2.45) is 10.9 Å². The summed E-state index contributed by atoms with van der Waals surface area (Å²) in [6, 6.07) is 7.51. The first kappa shape index (κ1) is 20.0. The molecule has 1 aliphatic rings. The molecular formula is C18H25ClN4O3. The molecule has 8 heteroatoms. The molecule has 1 fully saturated rings. The molecule has 1 N–H and O–H groups in total. The summed E-state index contributed by atoms with van der Waals surface area (Å²) in [7, 11) is 3.03. The molecule has 0 aromatic heterocycles. The van der Waals surface area contributed by atoms with Crippen molar-refractivity contribution in [2.45, 2.75) is 13.5 Å². The highest BCUT2D eigenvalue weighted by molar-refractivity contribution is 6.30. The molecule has 1 aliphatic heterocycles. The van der Waals surface area contributed by atoms with Gasteiger partial charge in [-0.05, 0) is 17.7 Å². The first-order valence-corrected chi connectivity index (χ1v) is 8.88. The number of hydrogen-bond acceptors (Lipinski definition) is 4. The number of guanidine groups is 1. The number of methoxy groups -OCH3 is 1. The van der Waals surface area contributed by atoms with Crippen LogP contribution in [-0.4, -0.2) is 68.0 Å². The first-order chi connectivity index (χ1) is 12.4. The van der Waals surface area contributed by atoms with Gasteiger partial charge in [0.15, 0.2) is 5.96 Å². The summed E-state index contributed by atoms with van der Waals surface area (Å²) in [5.41, 5.74) is 1.05. The van der Waals surface area contributed by atoms with Crippen LogP contribution in [0.2, 0.25) is 5.02 Å². The number of amides is 1. The predicted molar refractivity (Wildman–Crippen MR) is 101 cm³/mol. The zero-order chi connectivity index (χ0) is 19.1. The van der Waals surface area contributed by atoms with Gasteiger partial charge in [-0.2, -0.15) is 0 Å². The van der Waals surface area contributed by atoms with E-state index in [9.17, 15) is 9.59 Å². The molecule has 26 heavy (non-hydrogen) atoms. The third-order valence-corrected chi connectivity index (χ3v) is 4.54. The van der Waals surface area contributed by atoms with Crippen LogP contribution in [-0.2, 0) is 20.9 Å². The maximum absolute atomic E-state index is 12.5. The Morgan fingerprint density at radius 2 is 2.04 bits per heavy atom. The highest BCUT2D eigenvalue weighted by atomic mass is 35.5. The zero-order valence-electron chi connectivity index (χ0n) is 15.4. The second kappa shape index (κ2) is 9.43. The minimum absolute atomic E-state index is 0.0372. The summed E-state index contributed by atoms with van der Waals surface area (Å²) in [5.74, 6) is 0.0749. The summed E-state index contributed by atoms with van der Waals surface area (Å²) < 4.78 is 4.72. The Hall–Kier alpha value is -2.28. The molecule has 1 amide bonds. The number of esters is 1. The number of carbonyl (C=O) groups is 2. The second-order valence-corrected chi connectivity index (χ2v) is 6.65. The van der Waals surface area contributed by atoms with Gasteiger partial charge in [-0.15, -0.1) is 0 Å². The van der Waals surface area contributed by atoms with Crippen molar-refractivity contribution in [3.8, 4) is 0 Å². The van der Waals surface area contributed by atoms with Gasteiger partial charge in [-0.3, -0.25) is 14.6 Å². The molecule has 0 bridgehead atoms. The average molecular weight is 381 g/mol. The monoisotopic (exact) mass is 380 g/mol. The predicted octanol–water partition coefficient (Wildman–Crippen LogP) is 1.37. The largest absolute Gasteiger partial charge is 0.469 e. The van der Waals surface area contributed by atoms with E-state index in [1.54, 1.807) is 14.0 Å². The van der Waals surface area contributed by atoms with E-state index in [4.69, 9.17) is 16.3 Å². The Bertz CT molecular complexity index is 663. The van der Waals surface area contributed by atoms with E-state index in [1.807, 2.05) is 34.1 Å². The molecule has 0 saturated carbocycles. The number of hydrogen-bond donors (Lipinski definition) is 1. The van der Waals surface area contributed by atoms with E-state index in [2.05, 4.69) is 10.3 Å². The van der Waals surface area contributed by atoms with Crippen molar-refractivity contribution in [1.82, 2.24) is 15.1 Å². The number of piperazine rings is 1. The molecule has 2 rings (SSSR count). The fourth-order valence-corrected chi connectivity index (χ4v) is 2.85. The van der Waals surface area contributed by atoms with Crippen molar-refractivity contribution < 1.29 is 14.3 Å². The minimum Gasteiger partial charge on any atom is -0.469 e. The molecule has 1 atom stereocenters. The van der Waals surface area contributed by atoms with Crippen molar-refractivity contribution in [3.63, 3.8) is 0 Å². The van der Waals surface area contributed by atoms with E-state index in [0.29, 0.717) is 37.2 Å². The van der Waals surface area contributed by atoms with Gasteiger partial charge >= 0.3 is 5.97 Å². The van der Waals surface area contributed by atoms with Crippen molar-refractivity contribution in [2.75, 3.05) is 40.3 Å². The highest BCUT2D eigenvalue weighted by Crippen LogP contribution is 2.13. The van der Waals surface area contributed by atoms with Crippen LogP contribution in [0.5, 0.6) is 0 Å². The van der Waals surface area contributed by atoms with Crippen molar-refractivity contribution in [3.05, 3.63) is 34.9 Å². The molecule has 1 aromatic rings. The second-order valence-electron chi connectivity index (χ2n) is 6.22. The minimum atomic E-state index is -0.293. The van der Waals surface area contributed by atoms with Crippen LogP contribution in [0.3, 0.4) is 0 Å². The van der Waals surface area contributed by atoms with E-state index < -0.39 is 0 Å². The van der Waals surface area contributed by atoms with Gasteiger partial charge in [0.2, 0.25) is 5.91 Å². The summed E-state index contributed by atoms with van der Waals surface area (Å²) in [4.78, 5) is 31.9. The number of carbonyl (C=O) groups excluding carboxylic acids is 2. The van der Waals surface area contributed by atoms with E-state index >= 15 is 0 Å². The fourth-order valence-electron chi connectivity index (χ4n) is 2.73. The number of halogens is 1. The average Bonchev–Trinajstić information content (AvgIpc) is 2.65. The summed E-state index contributed by atoms with van der Waals surface area (Å²) in [6.07, 6.45) is 0. The quantitative estimate of drug-likeness (QED) is 0.474. The molecule has 0 radical (unpaired) electrons. The molecule has 1 unspecified atom stereocenters. The van der Waals surface area contributed by atoms with Gasteiger partial charge < -0.3 is 19.9 Å². The standard InChI is InChI=1S/C18H25ClN4O3/c1-13(17(25)26-3)10-21-18(20-2)23-9-8-22(16(24)12-23)11-14-4-6-15(19)7-5-14/h4-7,13H,8-12H2,1-3H3,(H,20,21). The lowest BCUT2D eigenvalue weighted by atomic mass is 10.2. The SMILES string of the molecule is CN=C(NCC(C)C(=O)OC)N1CCN(Cc2ccc(Cl)cc2)C(=O)C1. The zero-order valence-corrected chi connectivity index (χ0v) is 16.1. The van der Waals surface area contributed by atoms with Gasteiger partial charge in [0, 0.05) is 38.2 Å². The molecule has 142 valence electrons. The topological polar surface area (TPSA) is 74.2 Å². The summed E-state index contributed by atoms with van der Waals surface area (Å²) in [5, 5.41) is 3.82. The fraction of sp³-hybridized carbons (Fsp3) is 0.500. The van der Waals surface area contributed by atoms with Crippen LogP contribution in [0, 0.1) is 5.92 Å². The summed E-state index contributed by atoms with van der Waals surface area (Å²) in [6.45, 7) is 4.27. The Labute approximate surface area is 159 Å². The smallest absolute Gasteiger partial charge is 0.310 e. The maximum atomic E-state index is 12.5. The third kappa shape index (κ3) is 5.36. The van der Waals surface area contributed by atoms with Gasteiger partial charge in [0.25, 0.3) is 0 Å². The summed E-state index contributed by atoms with van der Waals surface area (Å²) >= 11 is 5.90. The van der Waals surface area contributed by atoms with Gasteiger partial charge in [0.05, 0.1) is 19.6 Å². The molecule has 1 saturated heterocycles. The molecule has 7 nitrogen and oxygen atoms in total. The van der Waals surface area contributed by atoms with Gasteiger partial charge in [0.1, 0.15) is 0 Å². The lowest BCUT2D eigenvalue weighted by Gasteiger charge is -2.36. The van der Waals surface area contributed by atoms with Crippen LogP contribution >= 0.6 is 11.6 Å². The van der Waals surface area contributed by atoms with E-state index in [-0.39, 0.29) is 24.3 Å².